The third kappa shape index (κ3) is 2.62. The molecule has 7 heteroatoms. The van der Waals surface area contributed by atoms with Crippen LogP contribution in [0.3, 0.4) is 0 Å². The van der Waals surface area contributed by atoms with E-state index in [9.17, 15) is 14.4 Å². The molecule has 0 unspecified atom stereocenters. The van der Waals surface area contributed by atoms with Crippen molar-refractivity contribution in [1.82, 2.24) is 0 Å². The molecule has 1 saturated heterocycles. The Hall–Kier alpha value is -1.79. The summed E-state index contributed by atoms with van der Waals surface area (Å²) in [6, 6.07) is 0. The predicted molar refractivity (Wildman–Crippen MR) is 38.8 cm³/mol. The Morgan fingerprint density at radius 2 is 1.92 bits per heavy atom. The summed E-state index contributed by atoms with van der Waals surface area (Å²) in [6.45, 7) is 1.31. The normalized spacial score (nSPS) is 15.9. The predicted octanol–water partition coefficient (Wildman–Crippen LogP) is -0.809. The van der Waals surface area contributed by atoms with E-state index in [0.717, 1.165) is 12.3 Å². The quantitative estimate of drug-likeness (QED) is 0.247. The molecule has 1 aliphatic rings. The Morgan fingerprint density at radius 3 is 2.38 bits per heavy atom. The number of rotatable bonds is 3. The third-order valence-corrected chi connectivity index (χ3v) is 1.07. The van der Waals surface area contributed by atoms with Gasteiger partial charge in [-0.25, -0.2) is 9.59 Å². The second-order valence-corrected chi connectivity index (χ2v) is 2.15. The average Bonchev–Trinajstić information content (AvgIpc) is 2.30. The first-order chi connectivity index (χ1) is 6.09. The number of carbonyl (C=O) groups excluding carboxylic acids is 3. The molecule has 0 amide bonds. The van der Waals surface area contributed by atoms with Crippen molar-refractivity contribution in [2.24, 2.45) is 0 Å². The minimum absolute atomic E-state index is 0.240. The molecular weight excluding hydrogens is 179 g/mol. The summed E-state index contributed by atoms with van der Waals surface area (Å²) >= 11 is 0. The van der Waals surface area contributed by atoms with Gasteiger partial charge in [0.15, 0.2) is 5.78 Å². The molecule has 0 saturated carbocycles. The van der Waals surface area contributed by atoms with Crippen molar-refractivity contribution in [2.45, 2.75) is 6.92 Å². The molecule has 0 aliphatic carbocycles. The maximum Gasteiger partial charge on any atom is 0.868 e. The Morgan fingerprint density at radius 1 is 1.38 bits per heavy atom. The molecule has 0 aromatic carbocycles. The lowest BCUT2D eigenvalue weighted by Crippen LogP contribution is -2.17. The van der Waals surface area contributed by atoms with Crippen LogP contribution in [0.5, 0.6) is 0 Å². The largest absolute Gasteiger partial charge is 0.868 e. The molecule has 1 aliphatic heterocycles. The Kier molecular flexibility index (Phi) is 2.68. The van der Waals surface area contributed by atoms with E-state index in [1.165, 1.54) is 6.92 Å². The van der Waals surface area contributed by atoms with E-state index in [1.807, 2.05) is 0 Å². The van der Waals surface area contributed by atoms with Crippen LogP contribution in [0, 0.1) is 0 Å². The van der Waals surface area contributed by atoms with Gasteiger partial charge in [-0.3, -0.25) is 4.79 Å². The SMILES string of the molecule is CC(=O)C=COB1OC(=O)C(=O)O1. The van der Waals surface area contributed by atoms with Gasteiger partial charge in [-0.1, -0.05) is 0 Å². The fourth-order valence-electron chi connectivity index (χ4n) is 0.550. The zero-order valence-electron chi connectivity index (χ0n) is 6.68. The summed E-state index contributed by atoms with van der Waals surface area (Å²) in [6.07, 6.45) is 2.08. The van der Waals surface area contributed by atoms with Crippen molar-refractivity contribution in [3.63, 3.8) is 0 Å². The van der Waals surface area contributed by atoms with Gasteiger partial charge in [-0.15, -0.1) is 0 Å². The number of allylic oxidation sites excluding steroid dienone is 1. The molecule has 0 aromatic heterocycles. The van der Waals surface area contributed by atoms with Crippen molar-refractivity contribution < 1.29 is 28.3 Å². The van der Waals surface area contributed by atoms with Crippen LogP contribution in [0.2, 0.25) is 0 Å². The van der Waals surface area contributed by atoms with E-state index >= 15 is 0 Å². The minimum Gasteiger partial charge on any atom is -0.496 e. The van der Waals surface area contributed by atoms with Crippen LogP contribution in [0.25, 0.3) is 0 Å². The standard InChI is InChI=1S/C6H5BO6/c1-4(8)2-3-11-7-12-5(9)6(10)13-7/h2-3H,1H3. The van der Waals surface area contributed by atoms with Gasteiger partial charge in [0, 0.05) is 6.08 Å². The molecule has 0 atom stereocenters. The van der Waals surface area contributed by atoms with Gasteiger partial charge in [0.2, 0.25) is 0 Å². The molecule has 6 nitrogen and oxygen atoms in total. The molecule has 13 heavy (non-hydrogen) atoms. The van der Waals surface area contributed by atoms with Gasteiger partial charge in [-0.2, -0.15) is 0 Å². The second kappa shape index (κ2) is 3.75. The van der Waals surface area contributed by atoms with Gasteiger partial charge in [0.25, 0.3) is 0 Å². The number of hydrogen-bond donors (Lipinski definition) is 0. The van der Waals surface area contributed by atoms with Crippen molar-refractivity contribution in [3.05, 3.63) is 12.3 Å². The van der Waals surface area contributed by atoms with Crippen LogP contribution in [0.1, 0.15) is 6.92 Å². The highest BCUT2D eigenvalue weighted by Crippen LogP contribution is 2.04. The molecule has 0 radical (unpaired) electrons. The van der Waals surface area contributed by atoms with Crippen molar-refractivity contribution >= 4 is 25.0 Å². The summed E-state index contributed by atoms with van der Waals surface area (Å²) in [5.41, 5.74) is 0. The third-order valence-electron chi connectivity index (χ3n) is 1.07. The molecule has 0 aromatic rings. The zero-order chi connectivity index (χ0) is 9.84. The molecular formula is C6H5BO6. The van der Waals surface area contributed by atoms with E-state index in [1.54, 1.807) is 0 Å². The monoisotopic (exact) mass is 184 g/mol. The van der Waals surface area contributed by atoms with Gasteiger partial charge in [-0.05, 0) is 6.92 Å². The fraction of sp³-hybridized carbons (Fsp3) is 0.167. The number of ketones is 1. The lowest BCUT2D eigenvalue weighted by Gasteiger charge is -1.97. The summed E-state index contributed by atoms with van der Waals surface area (Å²) in [5.74, 6) is -2.46. The second-order valence-electron chi connectivity index (χ2n) is 2.15. The average molecular weight is 184 g/mol. The zero-order valence-corrected chi connectivity index (χ0v) is 6.68. The van der Waals surface area contributed by atoms with E-state index in [-0.39, 0.29) is 5.78 Å². The molecule has 0 N–H and O–H groups in total. The lowest BCUT2D eigenvalue weighted by atomic mass is 10.2. The molecule has 1 rings (SSSR count). The van der Waals surface area contributed by atoms with Gasteiger partial charge >= 0.3 is 19.3 Å². The van der Waals surface area contributed by atoms with Crippen molar-refractivity contribution in [2.75, 3.05) is 0 Å². The highest BCUT2D eigenvalue weighted by atomic mass is 16.8. The maximum atomic E-state index is 10.4. The van der Waals surface area contributed by atoms with Crippen LogP contribution in [0.4, 0.5) is 0 Å². The van der Waals surface area contributed by atoms with E-state index < -0.39 is 19.3 Å². The summed E-state index contributed by atoms with van der Waals surface area (Å²) in [5, 5.41) is 0. The smallest absolute Gasteiger partial charge is 0.496 e. The van der Waals surface area contributed by atoms with Crippen LogP contribution in [0.15, 0.2) is 12.3 Å². The maximum absolute atomic E-state index is 10.4. The van der Waals surface area contributed by atoms with Crippen LogP contribution >= 0.6 is 0 Å². The topological polar surface area (TPSA) is 78.9 Å². The van der Waals surface area contributed by atoms with E-state index in [4.69, 9.17) is 0 Å². The summed E-state index contributed by atoms with van der Waals surface area (Å²) < 4.78 is 13.1. The van der Waals surface area contributed by atoms with Gasteiger partial charge < -0.3 is 14.0 Å². The first-order valence-electron chi connectivity index (χ1n) is 3.34. The van der Waals surface area contributed by atoms with Gasteiger partial charge in [0.05, 0.1) is 6.26 Å². The van der Waals surface area contributed by atoms with Crippen molar-refractivity contribution in [3.8, 4) is 0 Å². The van der Waals surface area contributed by atoms with Gasteiger partial charge in [0.1, 0.15) is 0 Å². The summed E-state index contributed by atoms with van der Waals surface area (Å²) in [7, 11) is -1.38. The van der Waals surface area contributed by atoms with Crippen LogP contribution in [-0.2, 0) is 28.3 Å². The first kappa shape index (κ1) is 9.30. The van der Waals surface area contributed by atoms with E-state index in [0.29, 0.717) is 0 Å². The number of carbonyl (C=O) groups is 3. The van der Waals surface area contributed by atoms with Crippen molar-refractivity contribution in [1.29, 1.82) is 0 Å². The highest BCUT2D eigenvalue weighted by molar-refractivity contribution is 6.55. The molecule has 1 fully saturated rings. The van der Waals surface area contributed by atoms with Crippen LogP contribution < -0.4 is 0 Å². The Balaban J connectivity index is 2.36. The summed E-state index contributed by atoms with van der Waals surface area (Å²) in [4.78, 5) is 31.2. The lowest BCUT2D eigenvalue weighted by molar-refractivity contribution is -0.150. The molecule has 0 bridgehead atoms. The minimum atomic E-state index is -1.38. The highest BCUT2D eigenvalue weighted by Gasteiger charge is 2.44. The van der Waals surface area contributed by atoms with Crippen LogP contribution in [-0.4, -0.2) is 25.0 Å². The fourth-order valence-corrected chi connectivity index (χ4v) is 0.550. The molecule has 0 spiro atoms. The van der Waals surface area contributed by atoms with E-state index in [2.05, 4.69) is 14.0 Å². The molecule has 68 valence electrons. The molecule has 1 heterocycles. The Labute approximate surface area is 73.6 Å². The first-order valence-corrected chi connectivity index (χ1v) is 3.34. The number of hydrogen-bond acceptors (Lipinski definition) is 6. The Bertz CT molecular complexity index is 267.